The van der Waals surface area contributed by atoms with Gasteiger partial charge in [0.25, 0.3) is 5.91 Å². The summed E-state index contributed by atoms with van der Waals surface area (Å²) in [5.41, 5.74) is 8.32. The molecule has 0 heterocycles. The molecule has 0 bridgehead atoms. The first-order chi connectivity index (χ1) is 20.7. The van der Waals surface area contributed by atoms with Gasteiger partial charge in [-0.25, -0.2) is 4.79 Å². The van der Waals surface area contributed by atoms with E-state index in [0.717, 1.165) is 48.8 Å². The summed E-state index contributed by atoms with van der Waals surface area (Å²) in [6.45, 7) is 13.1. The molecule has 4 amide bonds. The van der Waals surface area contributed by atoms with E-state index in [4.69, 9.17) is 22.1 Å². The van der Waals surface area contributed by atoms with Crippen LogP contribution in [-0.4, -0.2) is 46.9 Å². The largest absolute Gasteiger partial charge is 0.444 e. The number of hydrogen-bond donors (Lipinski definition) is 3. The molecule has 2 aromatic carbocycles. The summed E-state index contributed by atoms with van der Waals surface area (Å²) in [5.74, 6) is -1.86. The summed E-state index contributed by atoms with van der Waals surface area (Å²) in [5, 5.41) is 5.86. The lowest BCUT2D eigenvalue weighted by Crippen LogP contribution is -2.53. The Morgan fingerprint density at radius 3 is 2.16 bits per heavy atom. The number of para-hydroxylation sites is 1. The van der Waals surface area contributed by atoms with Gasteiger partial charge in [-0.2, -0.15) is 0 Å². The number of halogens is 1. The number of anilines is 1. The third-order valence-electron chi connectivity index (χ3n) is 7.40. The molecule has 0 saturated carbocycles. The number of rotatable bonds is 15. The van der Waals surface area contributed by atoms with Gasteiger partial charge in [0.2, 0.25) is 11.8 Å². The van der Waals surface area contributed by atoms with Gasteiger partial charge >= 0.3 is 6.09 Å². The molecule has 2 aromatic rings. The van der Waals surface area contributed by atoms with Crippen LogP contribution in [0.25, 0.3) is 0 Å². The van der Waals surface area contributed by atoms with Crippen LogP contribution in [0.4, 0.5) is 10.5 Å². The molecule has 4 N–H and O–H groups in total. The number of amides is 4. The van der Waals surface area contributed by atoms with Crippen LogP contribution in [0.2, 0.25) is 5.02 Å². The normalized spacial score (nSPS) is 12.6. The van der Waals surface area contributed by atoms with Crippen LogP contribution in [0, 0.1) is 20.8 Å². The van der Waals surface area contributed by atoms with Gasteiger partial charge in [-0.1, -0.05) is 81.0 Å². The monoisotopic (exact) mass is 628 g/mol. The van der Waals surface area contributed by atoms with Gasteiger partial charge in [0.05, 0.1) is 17.1 Å². The smallest absolute Gasteiger partial charge is 0.408 e. The van der Waals surface area contributed by atoms with E-state index in [0.29, 0.717) is 22.7 Å². The lowest BCUT2D eigenvalue weighted by molar-refractivity contribution is -0.142. The zero-order valence-electron chi connectivity index (χ0n) is 27.2. The molecule has 0 radical (unpaired) electrons. The second kappa shape index (κ2) is 17.0. The first-order valence-electron chi connectivity index (χ1n) is 15.4. The number of carbonyl (C=O) groups excluding carboxylic acids is 4. The number of unbranched alkanes of at least 4 members (excludes halogenated alkanes) is 5. The van der Waals surface area contributed by atoms with Crippen molar-refractivity contribution in [2.45, 2.75) is 111 Å². The molecule has 0 aliphatic rings. The average Bonchev–Trinajstić information content (AvgIpc) is 2.92. The maximum Gasteiger partial charge on any atom is 0.408 e. The zero-order chi connectivity index (χ0) is 33.0. The Morgan fingerprint density at radius 1 is 0.932 bits per heavy atom. The van der Waals surface area contributed by atoms with Gasteiger partial charge in [-0.3, -0.25) is 14.4 Å². The summed E-state index contributed by atoms with van der Waals surface area (Å²) >= 11 is 6.48. The topological polar surface area (TPSA) is 131 Å². The first kappa shape index (κ1) is 36.6. The highest BCUT2D eigenvalue weighted by atomic mass is 35.5. The Labute approximate surface area is 267 Å². The minimum atomic E-state index is -1.34. The predicted octanol–water partition coefficient (Wildman–Crippen LogP) is 6.90. The fourth-order valence-corrected chi connectivity index (χ4v) is 5.25. The van der Waals surface area contributed by atoms with Gasteiger partial charge in [-0.15, -0.1) is 0 Å². The molecular weight excluding hydrogens is 580 g/mol. The van der Waals surface area contributed by atoms with Gasteiger partial charge in [-0.05, 0) is 76.3 Å². The summed E-state index contributed by atoms with van der Waals surface area (Å²) in [6.07, 6.45) is 4.41. The SMILES string of the molecule is CCCCCCCCN(C(=O)C(CC(N)=O)NC(=O)OC(C)(C)C)C(C(=O)Nc1c(C)cccc1Cl)c1cccc(C)c1C. The molecule has 2 unspecified atom stereocenters. The van der Waals surface area contributed by atoms with E-state index in [1.54, 1.807) is 32.9 Å². The van der Waals surface area contributed by atoms with Crippen LogP contribution in [0.5, 0.6) is 0 Å². The van der Waals surface area contributed by atoms with E-state index < -0.39 is 47.9 Å². The maximum absolute atomic E-state index is 14.4. The van der Waals surface area contributed by atoms with Crippen molar-refractivity contribution in [2.75, 3.05) is 11.9 Å². The fraction of sp³-hybridized carbons (Fsp3) is 0.529. The lowest BCUT2D eigenvalue weighted by atomic mass is 9.94. The van der Waals surface area contributed by atoms with Gasteiger partial charge in [0, 0.05) is 6.54 Å². The number of alkyl carbamates (subject to hydrolysis) is 1. The number of hydrogen-bond acceptors (Lipinski definition) is 5. The van der Waals surface area contributed by atoms with Crippen molar-refractivity contribution in [3.05, 3.63) is 63.7 Å². The molecule has 242 valence electrons. The predicted molar refractivity (Wildman–Crippen MR) is 176 cm³/mol. The van der Waals surface area contributed by atoms with E-state index >= 15 is 0 Å². The average molecular weight is 629 g/mol. The lowest BCUT2D eigenvalue weighted by Gasteiger charge is -2.35. The van der Waals surface area contributed by atoms with Crippen LogP contribution < -0.4 is 16.4 Å². The third-order valence-corrected chi connectivity index (χ3v) is 7.72. The molecule has 0 saturated heterocycles. The van der Waals surface area contributed by atoms with Crippen LogP contribution in [0.15, 0.2) is 36.4 Å². The van der Waals surface area contributed by atoms with Crippen molar-refractivity contribution in [3.8, 4) is 0 Å². The van der Waals surface area contributed by atoms with Crippen molar-refractivity contribution >= 4 is 41.1 Å². The fourth-order valence-electron chi connectivity index (χ4n) is 4.98. The van der Waals surface area contributed by atoms with Crippen LogP contribution in [-0.2, 0) is 19.1 Å². The van der Waals surface area contributed by atoms with Crippen molar-refractivity contribution in [2.24, 2.45) is 5.73 Å². The Balaban J connectivity index is 2.62. The number of carbonyl (C=O) groups is 4. The van der Waals surface area contributed by atoms with E-state index in [1.165, 1.54) is 4.90 Å². The van der Waals surface area contributed by atoms with Gasteiger partial charge in [0.1, 0.15) is 17.7 Å². The molecule has 2 atom stereocenters. The Bertz CT molecular complexity index is 1290. The van der Waals surface area contributed by atoms with E-state index in [1.807, 2.05) is 45.0 Å². The Hall–Kier alpha value is -3.59. The van der Waals surface area contributed by atoms with Crippen LogP contribution in [0.3, 0.4) is 0 Å². The molecular formula is C34H49ClN4O5. The first-order valence-corrected chi connectivity index (χ1v) is 15.7. The molecule has 0 spiro atoms. The van der Waals surface area contributed by atoms with Gasteiger partial charge in [0.15, 0.2) is 0 Å². The van der Waals surface area contributed by atoms with Crippen LogP contribution >= 0.6 is 11.6 Å². The number of nitrogens with zero attached hydrogens (tertiary/aromatic N) is 1. The number of benzene rings is 2. The Kier molecular flexibility index (Phi) is 14.2. The third kappa shape index (κ3) is 11.2. The highest BCUT2D eigenvalue weighted by molar-refractivity contribution is 6.34. The van der Waals surface area contributed by atoms with Crippen molar-refractivity contribution in [1.29, 1.82) is 0 Å². The molecule has 2 rings (SSSR count). The number of nitrogens with two attached hydrogens (primary N) is 1. The standard InChI is InChI=1S/C34H49ClN4O5/c1-8-9-10-11-12-13-20-39(32(42)27(21-28(36)40)37-33(43)44-34(5,6)7)30(25-18-14-16-22(2)24(25)4)31(41)38-29-23(3)17-15-19-26(29)35/h14-19,27,30H,8-13,20-21H2,1-7H3,(H2,36,40)(H,37,43)(H,38,41). The summed E-state index contributed by atoms with van der Waals surface area (Å²) in [7, 11) is 0. The number of ether oxygens (including phenoxy) is 1. The Morgan fingerprint density at radius 2 is 1.55 bits per heavy atom. The minimum absolute atomic E-state index is 0.211. The van der Waals surface area contributed by atoms with E-state index in [9.17, 15) is 19.2 Å². The van der Waals surface area contributed by atoms with Crippen molar-refractivity contribution in [3.63, 3.8) is 0 Å². The zero-order valence-corrected chi connectivity index (χ0v) is 28.0. The highest BCUT2D eigenvalue weighted by Crippen LogP contribution is 2.32. The molecule has 10 heteroatoms. The summed E-state index contributed by atoms with van der Waals surface area (Å²) in [4.78, 5) is 55.0. The molecule has 0 fully saturated rings. The van der Waals surface area contributed by atoms with Gasteiger partial charge < -0.3 is 26.0 Å². The van der Waals surface area contributed by atoms with E-state index in [2.05, 4.69) is 17.6 Å². The number of nitrogens with one attached hydrogen (secondary N) is 2. The molecule has 44 heavy (non-hydrogen) atoms. The number of primary amides is 1. The summed E-state index contributed by atoms with van der Waals surface area (Å²) < 4.78 is 5.38. The summed E-state index contributed by atoms with van der Waals surface area (Å²) in [6, 6.07) is 8.47. The van der Waals surface area contributed by atoms with Crippen molar-refractivity contribution in [1.82, 2.24) is 10.2 Å². The highest BCUT2D eigenvalue weighted by Gasteiger charge is 2.38. The second-order valence-electron chi connectivity index (χ2n) is 12.3. The molecule has 9 nitrogen and oxygen atoms in total. The van der Waals surface area contributed by atoms with E-state index in [-0.39, 0.29) is 6.54 Å². The minimum Gasteiger partial charge on any atom is -0.444 e. The quantitative estimate of drug-likeness (QED) is 0.185. The molecule has 0 aliphatic heterocycles. The number of aryl methyl sites for hydroxylation is 2. The molecule has 0 aromatic heterocycles. The second-order valence-corrected chi connectivity index (χ2v) is 12.7. The maximum atomic E-state index is 14.4. The van der Waals surface area contributed by atoms with Crippen LogP contribution in [0.1, 0.15) is 101 Å². The van der Waals surface area contributed by atoms with Crippen molar-refractivity contribution < 1.29 is 23.9 Å². The molecule has 0 aliphatic carbocycles.